The second kappa shape index (κ2) is 8.26. The van der Waals surface area contributed by atoms with Crippen molar-refractivity contribution in [3.05, 3.63) is 0 Å². The molecule has 0 aliphatic rings. The molecule has 0 fully saturated rings. The normalized spacial score (nSPS) is 11.6. The van der Waals surface area contributed by atoms with Crippen LogP contribution in [0.4, 0.5) is 26.3 Å². The molecule has 0 spiro atoms. The summed E-state index contributed by atoms with van der Waals surface area (Å²) < 4.78 is 83.1. The predicted octanol–water partition coefficient (Wildman–Crippen LogP) is -0.882. The summed E-state index contributed by atoms with van der Waals surface area (Å²) in [5.74, 6) is -4.28. The number of hydrogen-bond acceptors (Lipinski definition) is 4. The molecule has 2 amide bonds. The van der Waals surface area contributed by atoms with E-state index >= 15 is 0 Å². The molecule has 0 bridgehead atoms. The summed E-state index contributed by atoms with van der Waals surface area (Å²) in [6, 6.07) is 0. The Labute approximate surface area is 125 Å². The predicted molar refractivity (Wildman–Crippen MR) is 42.9 cm³/mol. The molecule has 0 aromatic heterocycles. The second-order valence-electron chi connectivity index (χ2n) is 3.20. The molecule has 0 aromatic rings. The molecular formula is C5H5BF6N2O4Zn2. The van der Waals surface area contributed by atoms with Gasteiger partial charge in [0, 0.05) is 0 Å². The number of nitrogens with one attached hydrogen (secondary N) is 2. The molecule has 0 saturated heterocycles. The Morgan fingerprint density at radius 1 is 0.900 bits per heavy atom. The molecule has 0 atom stereocenters. The molecule has 0 rings (SSSR count). The van der Waals surface area contributed by atoms with E-state index in [9.17, 15) is 35.9 Å². The molecule has 0 unspecified atom stereocenters. The number of hydrogen-bond donors (Lipinski definition) is 2. The van der Waals surface area contributed by atoms with E-state index < -0.39 is 65.8 Å². The van der Waals surface area contributed by atoms with Crippen molar-refractivity contribution in [3.8, 4) is 0 Å². The van der Waals surface area contributed by atoms with Crippen LogP contribution in [0.2, 0.25) is 0 Å². The van der Waals surface area contributed by atoms with Crippen LogP contribution in [-0.2, 0) is 52.2 Å². The van der Waals surface area contributed by atoms with Crippen molar-refractivity contribution in [2.75, 3.05) is 0 Å². The SMILES string of the molecule is BC([O][Zn][NH]C(=O)C(F)(F)F)[O][Zn][NH]C(=O)C(F)(F)F. The van der Waals surface area contributed by atoms with Gasteiger partial charge in [0.2, 0.25) is 0 Å². The molecular weight excluding hydrogens is 408 g/mol. The standard InChI is InChI=1S/2C2H2F3NO.CH3BO2.2Zn/c2*3-2(4,5)1(6)7;2-1(3)4;;/h2*(H2,6,7);1H,2H2;;/q;;-2;2*+2/p-2. The molecule has 0 saturated carbocycles. The van der Waals surface area contributed by atoms with Crippen LogP contribution < -0.4 is 8.12 Å². The molecule has 0 heterocycles. The second-order valence-corrected chi connectivity index (χ2v) is 7.29. The minimum atomic E-state index is -5.02. The van der Waals surface area contributed by atoms with Crippen molar-refractivity contribution in [2.45, 2.75) is 18.5 Å². The Bertz CT molecular complexity index is 321. The Hall–Kier alpha value is -0.248. The van der Waals surface area contributed by atoms with Gasteiger partial charge in [-0.15, -0.1) is 0 Å². The Morgan fingerprint density at radius 2 is 1.20 bits per heavy atom. The first-order valence-corrected chi connectivity index (χ1v) is 10.3. The fraction of sp³-hybridized carbons (Fsp3) is 0.600. The van der Waals surface area contributed by atoms with E-state index in [1.807, 2.05) is 0 Å². The van der Waals surface area contributed by atoms with Crippen LogP contribution in [0, 0.1) is 0 Å². The number of rotatable bonds is 6. The zero-order valence-corrected chi connectivity index (χ0v) is 15.8. The van der Waals surface area contributed by atoms with Gasteiger partial charge >= 0.3 is 125 Å². The molecule has 20 heavy (non-hydrogen) atoms. The third kappa shape index (κ3) is 8.83. The Morgan fingerprint density at radius 3 is 1.45 bits per heavy atom. The summed E-state index contributed by atoms with van der Waals surface area (Å²) in [4.78, 5) is 20.8. The monoisotopic (exact) mass is 410 g/mol. The zero-order valence-electron chi connectivity index (χ0n) is 9.89. The topological polar surface area (TPSA) is 76.7 Å². The third-order valence-corrected chi connectivity index (χ3v) is 6.24. The van der Waals surface area contributed by atoms with Gasteiger partial charge in [0.25, 0.3) is 0 Å². The first-order valence-electron chi connectivity index (χ1n) is 4.88. The number of amides is 2. The van der Waals surface area contributed by atoms with E-state index in [0.717, 1.165) is 0 Å². The van der Waals surface area contributed by atoms with Gasteiger partial charge in [-0.25, -0.2) is 0 Å². The van der Waals surface area contributed by atoms with E-state index in [2.05, 4.69) is 0 Å². The van der Waals surface area contributed by atoms with Gasteiger partial charge < -0.3 is 0 Å². The summed E-state index contributed by atoms with van der Waals surface area (Å²) in [5.41, 5.74) is 0. The number of alkyl halides is 6. The first-order chi connectivity index (χ1) is 8.94. The molecule has 2 N–H and O–H groups in total. The maximum atomic E-state index is 11.8. The average Bonchev–Trinajstić information content (AvgIpc) is 2.26. The van der Waals surface area contributed by atoms with Crippen LogP contribution in [0.5, 0.6) is 0 Å². The van der Waals surface area contributed by atoms with Crippen molar-refractivity contribution in [1.82, 2.24) is 8.12 Å². The summed E-state index contributed by atoms with van der Waals surface area (Å²) in [7, 11) is 1.23. The van der Waals surface area contributed by atoms with Gasteiger partial charge in [-0.1, -0.05) is 0 Å². The van der Waals surface area contributed by atoms with Crippen LogP contribution >= 0.6 is 0 Å². The van der Waals surface area contributed by atoms with Crippen molar-refractivity contribution in [1.29, 1.82) is 0 Å². The molecule has 108 valence electrons. The van der Waals surface area contributed by atoms with Crippen molar-refractivity contribution < 1.29 is 78.5 Å². The fourth-order valence-electron chi connectivity index (χ4n) is 0.698. The van der Waals surface area contributed by atoms with Crippen LogP contribution in [-0.4, -0.2) is 38.2 Å². The molecule has 6 nitrogen and oxygen atoms in total. The first kappa shape index (κ1) is 19.8. The van der Waals surface area contributed by atoms with Gasteiger partial charge in [-0.3, -0.25) is 0 Å². The third-order valence-electron chi connectivity index (χ3n) is 1.62. The fourth-order valence-corrected chi connectivity index (χ4v) is 4.67. The van der Waals surface area contributed by atoms with Crippen LogP contribution in [0.1, 0.15) is 0 Å². The van der Waals surface area contributed by atoms with Crippen molar-refractivity contribution in [2.24, 2.45) is 0 Å². The molecule has 0 aliphatic heterocycles. The summed E-state index contributed by atoms with van der Waals surface area (Å²) in [5, 5.41) is 0. The molecule has 0 aliphatic carbocycles. The Balaban J connectivity index is 3.78. The maximum absolute atomic E-state index is 11.8. The van der Waals surface area contributed by atoms with Crippen LogP contribution in [0.25, 0.3) is 0 Å². The zero-order chi connectivity index (χ0) is 16.0. The van der Waals surface area contributed by atoms with Crippen molar-refractivity contribution in [3.63, 3.8) is 0 Å². The molecule has 0 aromatic carbocycles. The van der Waals surface area contributed by atoms with E-state index in [4.69, 9.17) is 7.13 Å². The molecule has 15 heteroatoms. The van der Waals surface area contributed by atoms with E-state index in [1.54, 1.807) is 8.12 Å². The van der Waals surface area contributed by atoms with E-state index in [0.29, 0.717) is 0 Å². The van der Waals surface area contributed by atoms with Gasteiger partial charge in [-0.2, -0.15) is 0 Å². The number of halogens is 6. The number of carbonyl (C=O) groups is 2. The van der Waals surface area contributed by atoms with Gasteiger partial charge in [0.1, 0.15) is 0 Å². The minimum absolute atomic E-state index is 1.09. The van der Waals surface area contributed by atoms with Crippen molar-refractivity contribution >= 4 is 19.7 Å². The summed E-state index contributed by atoms with van der Waals surface area (Å²) in [6.07, 6.45) is -11.1. The van der Waals surface area contributed by atoms with Gasteiger partial charge in [0.15, 0.2) is 0 Å². The van der Waals surface area contributed by atoms with E-state index in [1.165, 1.54) is 7.85 Å². The summed E-state index contributed by atoms with van der Waals surface area (Å²) in [6.45, 7) is 0. The van der Waals surface area contributed by atoms with E-state index in [-0.39, 0.29) is 0 Å². The van der Waals surface area contributed by atoms with Gasteiger partial charge in [-0.05, 0) is 0 Å². The molecule has 0 radical (unpaired) electrons. The number of carbonyl (C=O) groups excluding carboxylic acids is 2. The van der Waals surface area contributed by atoms with Crippen LogP contribution in [0.15, 0.2) is 0 Å². The Kier molecular flexibility index (Phi) is 8.15. The quantitative estimate of drug-likeness (QED) is 0.337. The average molecular weight is 413 g/mol. The summed E-state index contributed by atoms with van der Waals surface area (Å²) >= 11 is -5.05. The van der Waals surface area contributed by atoms with Crippen LogP contribution in [0.3, 0.4) is 0 Å². The van der Waals surface area contributed by atoms with Gasteiger partial charge in [0.05, 0.1) is 0 Å².